The molecule has 0 saturated heterocycles. The number of allylic oxidation sites excluding steroid dienone is 2. The smallest absolute Gasteiger partial charge is 0.0737 e. The lowest BCUT2D eigenvalue weighted by Gasteiger charge is -1.97. The summed E-state index contributed by atoms with van der Waals surface area (Å²) in [4.78, 5) is 4.07. The van der Waals surface area contributed by atoms with Gasteiger partial charge in [-0.3, -0.25) is 4.98 Å². The van der Waals surface area contributed by atoms with Crippen molar-refractivity contribution in [3.8, 4) is 0 Å². The molecule has 1 heterocycles. The molecule has 0 unspecified atom stereocenters. The zero-order valence-corrected chi connectivity index (χ0v) is 11.4. The number of rotatable bonds is 1. The lowest BCUT2D eigenvalue weighted by Crippen LogP contribution is -2.27. The molecule has 0 fully saturated rings. The molecule has 0 aliphatic carbocycles. The summed E-state index contributed by atoms with van der Waals surface area (Å²) in [6.45, 7) is 5.77. The molecule has 0 aliphatic rings. The van der Waals surface area contributed by atoms with Crippen LogP contribution in [0.25, 0.3) is 12.7 Å². The van der Waals surface area contributed by atoms with E-state index in [9.17, 15) is 0 Å². The Hall–Kier alpha value is -0.120. The second-order valence-electron chi connectivity index (χ2n) is 2.60. The summed E-state index contributed by atoms with van der Waals surface area (Å²) in [7, 11) is 0. The van der Waals surface area contributed by atoms with Crippen molar-refractivity contribution in [2.24, 2.45) is 0 Å². The van der Waals surface area contributed by atoms with Gasteiger partial charge in [-0.2, -0.15) is 0 Å². The Morgan fingerprint density at radius 2 is 2.29 bits per heavy atom. The summed E-state index contributed by atoms with van der Waals surface area (Å²) in [5.74, 6) is 0. The summed E-state index contributed by atoms with van der Waals surface area (Å²) in [6, 6.07) is 0. The van der Waals surface area contributed by atoms with Crippen molar-refractivity contribution in [2.75, 3.05) is 0 Å². The van der Waals surface area contributed by atoms with Crippen LogP contribution in [0, 0.1) is 0 Å². The van der Waals surface area contributed by atoms with Crippen LogP contribution in [0.15, 0.2) is 21.2 Å². The van der Waals surface area contributed by atoms with Gasteiger partial charge >= 0.3 is 0 Å². The van der Waals surface area contributed by atoms with E-state index in [-0.39, 0.29) is 0 Å². The van der Waals surface area contributed by atoms with E-state index in [2.05, 4.69) is 43.4 Å². The lowest BCUT2D eigenvalue weighted by molar-refractivity contribution is 1.21. The summed E-state index contributed by atoms with van der Waals surface area (Å²) in [6.07, 6.45) is 5.44. The molecular weight excluding hydrogens is 329 g/mol. The average Bonchev–Trinajstić information content (AvgIpc) is 2.18. The Labute approximate surface area is 104 Å². The van der Waals surface area contributed by atoms with Gasteiger partial charge in [-0.1, -0.05) is 40.2 Å². The van der Waals surface area contributed by atoms with Crippen LogP contribution >= 0.6 is 43.5 Å². The third-order valence-corrected chi connectivity index (χ3v) is 3.70. The first-order chi connectivity index (χ1) is 6.56. The van der Waals surface area contributed by atoms with Crippen molar-refractivity contribution >= 4 is 56.1 Å². The average molecular weight is 337 g/mol. The largest absolute Gasteiger partial charge is 0.255 e. The molecule has 1 aromatic heterocycles. The molecule has 0 saturated carbocycles. The normalized spacial score (nSPS) is 13.4. The fraction of sp³-hybridized carbons (Fsp3) is 0.100. The topological polar surface area (TPSA) is 12.9 Å². The molecule has 74 valence electrons. The van der Waals surface area contributed by atoms with E-state index in [4.69, 9.17) is 11.6 Å². The Morgan fingerprint density at radius 1 is 1.64 bits per heavy atom. The van der Waals surface area contributed by atoms with Gasteiger partial charge in [0.15, 0.2) is 0 Å². The van der Waals surface area contributed by atoms with Crippen LogP contribution < -0.4 is 10.6 Å². The van der Waals surface area contributed by atoms with Crippen LogP contribution in [-0.4, -0.2) is 4.98 Å². The molecule has 0 spiro atoms. The third kappa shape index (κ3) is 2.69. The monoisotopic (exact) mass is 335 g/mol. The molecule has 14 heavy (non-hydrogen) atoms. The number of hydrogen-bond donors (Lipinski definition) is 0. The van der Waals surface area contributed by atoms with Gasteiger partial charge in [-0.05, 0) is 28.9 Å². The van der Waals surface area contributed by atoms with Crippen molar-refractivity contribution in [1.82, 2.24) is 4.98 Å². The quantitative estimate of drug-likeness (QED) is 0.768. The zero-order chi connectivity index (χ0) is 10.7. The van der Waals surface area contributed by atoms with Gasteiger partial charge in [-0.15, -0.1) is 0 Å². The van der Waals surface area contributed by atoms with E-state index in [0.717, 1.165) is 14.2 Å². The van der Waals surface area contributed by atoms with Crippen LogP contribution in [-0.2, 0) is 0 Å². The van der Waals surface area contributed by atoms with Crippen molar-refractivity contribution in [2.45, 2.75) is 6.92 Å². The first kappa shape index (κ1) is 12.0. The van der Waals surface area contributed by atoms with E-state index in [0.29, 0.717) is 10.4 Å². The zero-order valence-electron chi connectivity index (χ0n) is 7.52. The number of hydrogen-bond acceptors (Lipinski definition) is 1. The molecule has 0 atom stereocenters. The Bertz CT molecular complexity index is 480. The molecule has 0 bridgehead atoms. The van der Waals surface area contributed by atoms with Gasteiger partial charge in [-0.25, -0.2) is 0 Å². The maximum Gasteiger partial charge on any atom is 0.0737 e. The van der Waals surface area contributed by atoms with Gasteiger partial charge in [0.2, 0.25) is 0 Å². The Balaban J connectivity index is 3.56. The maximum atomic E-state index is 5.92. The van der Waals surface area contributed by atoms with Crippen LogP contribution in [0.4, 0.5) is 0 Å². The highest BCUT2D eigenvalue weighted by atomic mass is 79.9. The second-order valence-corrected chi connectivity index (χ2v) is 4.71. The van der Waals surface area contributed by atoms with Crippen LogP contribution in [0.2, 0.25) is 5.02 Å². The lowest BCUT2D eigenvalue weighted by atomic mass is 10.3. The SMILES string of the molecule is C=c1ncc(Cl)c(Br)/c1=C/C(Br)=C\C. The predicted octanol–water partition coefficient (Wildman–Crippen LogP) is 2.99. The number of aromatic nitrogens is 1. The number of halogens is 3. The highest BCUT2D eigenvalue weighted by molar-refractivity contribution is 9.12. The highest BCUT2D eigenvalue weighted by Crippen LogP contribution is 2.15. The molecule has 0 amide bonds. The van der Waals surface area contributed by atoms with Gasteiger partial charge in [0.1, 0.15) is 0 Å². The minimum absolute atomic E-state index is 0.583. The fourth-order valence-corrected chi connectivity index (χ4v) is 1.71. The minimum atomic E-state index is 0.583. The molecule has 0 aliphatic heterocycles. The fourth-order valence-electron chi connectivity index (χ4n) is 0.884. The summed E-state index contributed by atoms with van der Waals surface area (Å²) < 4.78 is 1.78. The van der Waals surface area contributed by atoms with E-state index in [1.807, 2.05) is 19.1 Å². The van der Waals surface area contributed by atoms with Gasteiger partial charge in [0.25, 0.3) is 0 Å². The van der Waals surface area contributed by atoms with E-state index in [1.165, 1.54) is 0 Å². The second kappa shape index (κ2) is 5.10. The van der Waals surface area contributed by atoms with Gasteiger partial charge in [0.05, 0.1) is 10.4 Å². The van der Waals surface area contributed by atoms with Crippen molar-refractivity contribution in [3.63, 3.8) is 0 Å². The molecule has 0 aromatic carbocycles. The van der Waals surface area contributed by atoms with E-state index < -0.39 is 0 Å². The molecule has 1 nitrogen and oxygen atoms in total. The highest BCUT2D eigenvalue weighted by Gasteiger charge is 1.99. The molecule has 1 aromatic rings. The van der Waals surface area contributed by atoms with Crippen LogP contribution in [0.1, 0.15) is 6.92 Å². The van der Waals surface area contributed by atoms with Crippen molar-refractivity contribution in [1.29, 1.82) is 0 Å². The number of nitrogens with zero attached hydrogens (tertiary/aromatic N) is 1. The van der Waals surface area contributed by atoms with Gasteiger partial charge < -0.3 is 0 Å². The van der Waals surface area contributed by atoms with Crippen molar-refractivity contribution < 1.29 is 0 Å². The standard InChI is InChI=1S/C10H8Br2ClN/c1-3-7(11)4-8-6(2)14-5-9(13)10(8)12/h3-5H,2H2,1H3/b7-3+,8-4+. The summed E-state index contributed by atoms with van der Waals surface area (Å²) >= 11 is 12.7. The Kier molecular flexibility index (Phi) is 4.35. The molecular formula is C10H8Br2ClN. The van der Waals surface area contributed by atoms with Gasteiger partial charge in [0, 0.05) is 20.4 Å². The van der Waals surface area contributed by atoms with E-state index >= 15 is 0 Å². The molecule has 0 N–H and O–H groups in total. The predicted molar refractivity (Wildman–Crippen MR) is 68.9 cm³/mol. The minimum Gasteiger partial charge on any atom is -0.255 e. The summed E-state index contributed by atoms with van der Waals surface area (Å²) in [5, 5.41) is 2.17. The number of pyridine rings is 1. The Morgan fingerprint density at radius 3 is 2.86 bits per heavy atom. The van der Waals surface area contributed by atoms with Crippen LogP contribution in [0.3, 0.4) is 0 Å². The first-order valence-electron chi connectivity index (χ1n) is 3.88. The van der Waals surface area contributed by atoms with Crippen LogP contribution in [0.5, 0.6) is 0 Å². The first-order valence-corrected chi connectivity index (χ1v) is 5.85. The molecule has 0 radical (unpaired) electrons. The summed E-state index contributed by atoms with van der Waals surface area (Å²) in [5.41, 5.74) is 0. The van der Waals surface area contributed by atoms with Crippen molar-refractivity contribution in [3.05, 3.63) is 36.8 Å². The van der Waals surface area contributed by atoms with E-state index in [1.54, 1.807) is 6.20 Å². The molecule has 1 rings (SSSR count). The third-order valence-electron chi connectivity index (χ3n) is 1.65. The molecule has 4 heteroatoms. The maximum absolute atomic E-state index is 5.92.